The number of nitrogens with zero attached hydrogens (tertiary/aromatic N) is 4. The van der Waals surface area contributed by atoms with Crippen molar-refractivity contribution in [3.05, 3.63) is 42.4 Å². The van der Waals surface area contributed by atoms with E-state index in [2.05, 4.69) is 15.0 Å². The van der Waals surface area contributed by atoms with Gasteiger partial charge in [0.15, 0.2) is 0 Å². The van der Waals surface area contributed by atoms with Gasteiger partial charge in [0.1, 0.15) is 24.0 Å². The number of piperidine rings is 1. The van der Waals surface area contributed by atoms with Gasteiger partial charge in [0.05, 0.1) is 6.54 Å². The maximum absolute atomic E-state index is 12.7. The van der Waals surface area contributed by atoms with Crippen molar-refractivity contribution in [1.29, 1.82) is 0 Å². The number of hydrogen-bond donors (Lipinski definition) is 2. The molecule has 3 heterocycles. The third-order valence-electron chi connectivity index (χ3n) is 3.70. The zero-order valence-electron chi connectivity index (χ0n) is 12.8. The summed E-state index contributed by atoms with van der Waals surface area (Å²) in [5.41, 5.74) is -1.10. The lowest BCUT2D eigenvalue weighted by Crippen LogP contribution is -2.58. The normalized spacial score (nSPS) is 24.2. The molecule has 1 aliphatic rings. The Morgan fingerprint density at radius 2 is 1.80 bits per heavy atom. The van der Waals surface area contributed by atoms with Gasteiger partial charge in [0.2, 0.25) is 11.8 Å². The van der Waals surface area contributed by atoms with Crippen LogP contribution in [0.3, 0.4) is 0 Å². The average Bonchev–Trinajstić information content (AvgIpc) is 2.59. The monoisotopic (exact) mass is 356 g/mol. The number of hydrogen-bond acceptors (Lipinski definition) is 7. The van der Waals surface area contributed by atoms with Gasteiger partial charge in [-0.15, -0.1) is 0 Å². The Kier molecular flexibility index (Phi) is 4.73. The van der Waals surface area contributed by atoms with E-state index in [1.165, 1.54) is 18.5 Å². The predicted molar refractivity (Wildman–Crippen MR) is 79.9 cm³/mol. The van der Waals surface area contributed by atoms with E-state index in [9.17, 15) is 23.4 Å². The third-order valence-corrected chi connectivity index (χ3v) is 3.70. The van der Waals surface area contributed by atoms with Gasteiger partial charge in [-0.2, -0.15) is 13.2 Å². The summed E-state index contributed by atoms with van der Waals surface area (Å²) < 4.78 is 43.6. The molecule has 1 saturated heterocycles. The van der Waals surface area contributed by atoms with Crippen molar-refractivity contribution >= 4 is 5.95 Å². The fourth-order valence-electron chi connectivity index (χ4n) is 2.50. The molecule has 0 aromatic carbocycles. The number of halogens is 3. The number of aliphatic hydroxyl groups is 2. The van der Waals surface area contributed by atoms with E-state index in [0.29, 0.717) is 5.95 Å². The number of β-amino-alcohol motifs (C(OH)–C–C–N with tert-alkyl or cyclic N) is 1. The standard InChI is InChI=1S/C15H15F3N4O3/c16-15(17,18)11-3-1-4-12(21-11)25-10-8-22(7-9(23)13(10)24)14-19-5-2-6-20-14/h1-6,9-10,13,23-24H,7-8H2. The van der Waals surface area contributed by atoms with Crippen molar-refractivity contribution in [2.24, 2.45) is 0 Å². The molecule has 2 aromatic heterocycles. The molecule has 0 saturated carbocycles. The van der Waals surface area contributed by atoms with E-state index < -0.39 is 30.2 Å². The molecule has 0 spiro atoms. The summed E-state index contributed by atoms with van der Waals surface area (Å²) in [6, 6.07) is 4.86. The van der Waals surface area contributed by atoms with E-state index >= 15 is 0 Å². The molecule has 7 nitrogen and oxygen atoms in total. The van der Waals surface area contributed by atoms with Crippen LogP contribution in [0.15, 0.2) is 36.7 Å². The Balaban J connectivity index is 1.78. The van der Waals surface area contributed by atoms with Gasteiger partial charge in [-0.05, 0) is 12.1 Å². The smallest absolute Gasteiger partial charge is 0.433 e. The maximum Gasteiger partial charge on any atom is 0.433 e. The topological polar surface area (TPSA) is 91.6 Å². The van der Waals surface area contributed by atoms with Gasteiger partial charge in [-0.3, -0.25) is 0 Å². The van der Waals surface area contributed by atoms with Gasteiger partial charge >= 0.3 is 6.18 Å². The Morgan fingerprint density at radius 1 is 1.08 bits per heavy atom. The molecule has 3 unspecified atom stereocenters. The molecule has 25 heavy (non-hydrogen) atoms. The summed E-state index contributed by atoms with van der Waals surface area (Å²) in [4.78, 5) is 13.1. The van der Waals surface area contributed by atoms with E-state index in [1.54, 1.807) is 11.0 Å². The molecule has 2 aromatic rings. The van der Waals surface area contributed by atoms with Crippen LogP contribution in [0.4, 0.5) is 19.1 Å². The molecule has 1 fully saturated rings. The first-order valence-corrected chi connectivity index (χ1v) is 7.43. The van der Waals surface area contributed by atoms with Gasteiger partial charge in [0, 0.05) is 25.0 Å². The number of pyridine rings is 1. The summed E-state index contributed by atoms with van der Waals surface area (Å²) >= 11 is 0. The van der Waals surface area contributed by atoms with Crippen molar-refractivity contribution < 1.29 is 28.1 Å². The summed E-state index contributed by atoms with van der Waals surface area (Å²) in [7, 11) is 0. The molecular formula is C15H15F3N4O3. The Hall–Kier alpha value is -2.46. The van der Waals surface area contributed by atoms with Gasteiger partial charge < -0.3 is 19.8 Å². The Bertz CT molecular complexity index is 717. The molecule has 1 aliphatic heterocycles. The van der Waals surface area contributed by atoms with Crippen molar-refractivity contribution in [2.75, 3.05) is 18.0 Å². The fraction of sp³-hybridized carbons (Fsp3) is 0.400. The van der Waals surface area contributed by atoms with Crippen LogP contribution in [0, 0.1) is 0 Å². The lowest BCUT2D eigenvalue weighted by atomic mass is 10.0. The van der Waals surface area contributed by atoms with E-state index in [-0.39, 0.29) is 19.0 Å². The molecule has 3 atom stereocenters. The van der Waals surface area contributed by atoms with Crippen LogP contribution in [0.2, 0.25) is 0 Å². The van der Waals surface area contributed by atoms with Gasteiger partial charge in [-0.25, -0.2) is 15.0 Å². The third kappa shape index (κ3) is 3.97. The number of rotatable bonds is 3. The highest BCUT2D eigenvalue weighted by molar-refractivity contribution is 5.31. The second-order valence-corrected chi connectivity index (χ2v) is 5.53. The average molecular weight is 356 g/mol. The van der Waals surface area contributed by atoms with E-state index in [0.717, 1.165) is 12.1 Å². The van der Waals surface area contributed by atoms with Crippen molar-refractivity contribution in [3.8, 4) is 5.88 Å². The zero-order chi connectivity index (χ0) is 18.0. The number of alkyl halides is 3. The van der Waals surface area contributed by atoms with Crippen LogP contribution in [0.25, 0.3) is 0 Å². The molecular weight excluding hydrogens is 341 g/mol. The Morgan fingerprint density at radius 3 is 2.48 bits per heavy atom. The summed E-state index contributed by atoms with van der Waals surface area (Å²) in [5.74, 6) is 0.0287. The molecule has 2 N–H and O–H groups in total. The number of ether oxygens (including phenoxy) is 1. The van der Waals surface area contributed by atoms with Crippen molar-refractivity contribution in [3.63, 3.8) is 0 Å². The highest BCUT2D eigenvalue weighted by atomic mass is 19.4. The predicted octanol–water partition coefficient (Wildman–Crippen LogP) is 0.880. The molecule has 134 valence electrons. The van der Waals surface area contributed by atoms with Gasteiger partial charge in [0.25, 0.3) is 0 Å². The lowest BCUT2D eigenvalue weighted by molar-refractivity contribution is -0.141. The molecule has 0 aliphatic carbocycles. The summed E-state index contributed by atoms with van der Waals surface area (Å²) in [6.45, 7) is 0.154. The molecule has 0 radical (unpaired) electrons. The minimum absolute atomic E-state index is 0.0705. The van der Waals surface area contributed by atoms with Crippen molar-refractivity contribution in [2.45, 2.75) is 24.5 Å². The van der Waals surface area contributed by atoms with Gasteiger partial charge in [-0.1, -0.05) is 6.07 Å². The van der Waals surface area contributed by atoms with E-state index in [1.807, 2.05) is 0 Å². The number of aliphatic hydroxyl groups excluding tert-OH is 2. The van der Waals surface area contributed by atoms with Crippen LogP contribution in [-0.4, -0.2) is 56.6 Å². The highest BCUT2D eigenvalue weighted by Gasteiger charge is 2.38. The van der Waals surface area contributed by atoms with Crippen LogP contribution in [-0.2, 0) is 6.18 Å². The molecule has 0 bridgehead atoms. The lowest BCUT2D eigenvalue weighted by Gasteiger charge is -2.38. The van der Waals surface area contributed by atoms with Crippen molar-refractivity contribution in [1.82, 2.24) is 15.0 Å². The first-order chi connectivity index (χ1) is 11.8. The fourth-order valence-corrected chi connectivity index (χ4v) is 2.50. The van der Waals surface area contributed by atoms with Crippen LogP contribution in [0.1, 0.15) is 5.69 Å². The second-order valence-electron chi connectivity index (χ2n) is 5.53. The van der Waals surface area contributed by atoms with Crippen LogP contribution in [0.5, 0.6) is 5.88 Å². The quantitative estimate of drug-likeness (QED) is 0.843. The zero-order valence-corrected chi connectivity index (χ0v) is 12.8. The molecule has 0 amide bonds. The molecule has 10 heteroatoms. The summed E-state index contributed by atoms with van der Waals surface area (Å²) in [5, 5.41) is 20.1. The number of aromatic nitrogens is 3. The second kappa shape index (κ2) is 6.81. The highest BCUT2D eigenvalue weighted by Crippen LogP contribution is 2.29. The maximum atomic E-state index is 12.7. The summed E-state index contributed by atoms with van der Waals surface area (Å²) in [6.07, 6.45) is -5.02. The van der Waals surface area contributed by atoms with E-state index in [4.69, 9.17) is 4.74 Å². The largest absolute Gasteiger partial charge is 0.470 e. The first-order valence-electron chi connectivity index (χ1n) is 7.43. The molecule has 3 rings (SSSR count). The SMILES string of the molecule is OC1CN(c2ncccn2)CC(Oc2cccc(C(F)(F)F)n2)C1O. The number of anilines is 1. The first kappa shape index (κ1) is 17.4. The minimum Gasteiger partial charge on any atom is -0.470 e. The minimum atomic E-state index is -4.60. The van der Waals surface area contributed by atoms with Crippen LogP contribution < -0.4 is 9.64 Å². The van der Waals surface area contributed by atoms with Crippen LogP contribution >= 0.6 is 0 Å². The Labute approximate surface area is 140 Å².